The van der Waals surface area contributed by atoms with Gasteiger partial charge in [-0.15, -0.1) is 0 Å². The Morgan fingerprint density at radius 2 is 1.95 bits per heavy atom. The molecular formula is C20H34O2. The van der Waals surface area contributed by atoms with Crippen molar-refractivity contribution in [2.24, 2.45) is 17.3 Å². The highest BCUT2D eigenvalue weighted by atomic mass is 16.3. The van der Waals surface area contributed by atoms with Crippen molar-refractivity contribution >= 4 is 0 Å². The highest BCUT2D eigenvalue weighted by molar-refractivity contribution is 5.11. The smallest absolute Gasteiger partial charge is 0.0771 e. The lowest BCUT2D eigenvalue weighted by Gasteiger charge is -2.39. The third kappa shape index (κ3) is 4.02. The van der Waals surface area contributed by atoms with Crippen LogP contribution in [0.4, 0.5) is 0 Å². The van der Waals surface area contributed by atoms with Crippen LogP contribution < -0.4 is 0 Å². The standard InChI is InChI=1S/C20H34O2/c1-15-7-8-16-17(10-14-19(16,4)13-9-15)20(5,22)12-6-11-18(2,3)21/h6,9,11,16-17,21-22H,7-8,10,12-14H2,1-5H3/b11-6+/t16-,17+,19-,20-/m1/s1. The normalized spacial score (nSPS) is 35.9. The maximum Gasteiger partial charge on any atom is 0.0771 e. The molecular weight excluding hydrogens is 272 g/mol. The van der Waals surface area contributed by atoms with Crippen molar-refractivity contribution in [3.63, 3.8) is 0 Å². The van der Waals surface area contributed by atoms with E-state index in [1.54, 1.807) is 19.9 Å². The fourth-order valence-electron chi connectivity index (χ4n) is 4.53. The largest absolute Gasteiger partial charge is 0.390 e. The Hall–Kier alpha value is -0.600. The summed E-state index contributed by atoms with van der Waals surface area (Å²) in [6, 6.07) is 0. The number of fused-ring (bicyclic) bond motifs is 1. The third-order valence-corrected chi connectivity index (χ3v) is 6.03. The average molecular weight is 306 g/mol. The first kappa shape index (κ1) is 17.7. The second-order valence-corrected chi connectivity index (χ2v) is 8.82. The Kier molecular flexibility index (Phi) is 4.94. The molecule has 22 heavy (non-hydrogen) atoms. The van der Waals surface area contributed by atoms with Gasteiger partial charge in [-0.1, -0.05) is 30.7 Å². The van der Waals surface area contributed by atoms with Crippen molar-refractivity contribution in [2.75, 3.05) is 0 Å². The molecule has 0 aromatic heterocycles. The van der Waals surface area contributed by atoms with Crippen LogP contribution in [-0.2, 0) is 0 Å². The molecule has 2 aliphatic carbocycles. The Bertz CT molecular complexity index is 453. The monoisotopic (exact) mass is 306 g/mol. The maximum atomic E-state index is 11.1. The van der Waals surface area contributed by atoms with Gasteiger partial charge >= 0.3 is 0 Å². The maximum absolute atomic E-state index is 11.1. The van der Waals surface area contributed by atoms with E-state index in [4.69, 9.17) is 0 Å². The zero-order valence-electron chi connectivity index (χ0n) is 15.0. The Morgan fingerprint density at radius 1 is 1.27 bits per heavy atom. The first-order valence-electron chi connectivity index (χ1n) is 8.82. The van der Waals surface area contributed by atoms with E-state index in [9.17, 15) is 10.2 Å². The molecule has 0 heterocycles. The van der Waals surface area contributed by atoms with E-state index in [1.165, 1.54) is 24.8 Å². The molecule has 2 rings (SSSR count). The van der Waals surface area contributed by atoms with Gasteiger partial charge in [0.2, 0.25) is 0 Å². The molecule has 0 spiro atoms. The van der Waals surface area contributed by atoms with Crippen LogP contribution in [0.3, 0.4) is 0 Å². The molecule has 2 heteroatoms. The van der Waals surface area contributed by atoms with Gasteiger partial charge in [0, 0.05) is 0 Å². The van der Waals surface area contributed by atoms with Gasteiger partial charge in [-0.3, -0.25) is 0 Å². The zero-order valence-corrected chi connectivity index (χ0v) is 15.0. The van der Waals surface area contributed by atoms with Crippen molar-refractivity contribution in [1.29, 1.82) is 0 Å². The van der Waals surface area contributed by atoms with E-state index in [0.717, 1.165) is 12.8 Å². The van der Waals surface area contributed by atoms with E-state index < -0.39 is 11.2 Å². The minimum atomic E-state index is -0.802. The molecule has 0 bridgehead atoms. The third-order valence-electron chi connectivity index (χ3n) is 6.03. The average Bonchev–Trinajstić information content (AvgIpc) is 2.63. The Labute approximate surface area is 136 Å². The Morgan fingerprint density at radius 3 is 2.59 bits per heavy atom. The summed E-state index contributed by atoms with van der Waals surface area (Å²) in [6.07, 6.45) is 12.7. The molecule has 2 N–H and O–H groups in total. The molecule has 0 amide bonds. The van der Waals surface area contributed by atoms with Crippen LogP contribution in [0.2, 0.25) is 0 Å². The number of rotatable bonds is 4. The lowest BCUT2D eigenvalue weighted by atomic mass is 9.69. The van der Waals surface area contributed by atoms with E-state index in [2.05, 4.69) is 19.9 Å². The van der Waals surface area contributed by atoms with Gasteiger partial charge in [-0.2, -0.15) is 0 Å². The topological polar surface area (TPSA) is 40.5 Å². The molecule has 0 saturated heterocycles. The zero-order chi connectivity index (χ0) is 16.6. The van der Waals surface area contributed by atoms with Crippen LogP contribution in [0.5, 0.6) is 0 Å². The van der Waals surface area contributed by atoms with Crippen molar-refractivity contribution in [2.45, 2.75) is 84.3 Å². The van der Waals surface area contributed by atoms with Gasteiger partial charge in [-0.25, -0.2) is 0 Å². The van der Waals surface area contributed by atoms with Crippen molar-refractivity contribution < 1.29 is 10.2 Å². The lowest BCUT2D eigenvalue weighted by Crippen LogP contribution is -2.39. The predicted octanol–water partition coefficient (Wildman–Crippen LogP) is 4.62. The van der Waals surface area contributed by atoms with Crippen molar-refractivity contribution in [1.82, 2.24) is 0 Å². The number of hydrogen-bond donors (Lipinski definition) is 2. The first-order chi connectivity index (χ1) is 10.0. The van der Waals surface area contributed by atoms with Crippen molar-refractivity contribution in [3.8, 4) is 0 Å². The summed E-state index contributed by atoms with van der Waals surface area (Å²) in [5.41, 5.74) is 0.384. The van der Waals surface area contributed by atoms with Crippen LogP contribution >= 0.6 is 0 Å². The van der Waals surface area contributed by atoms with Crippen LogP contribution in [0.25, 0.3) is 0 Å². The number of hydrogen-bond acceptors (Lipinski definition) is 2. The minimum absolute atomic E-state index is 0.354. The summed E-state index contributed by atoms with van der Waals surface area (Å²) in [5.74, 6) is 0.968. The van der Waals surface area contributed by atoms with Gasteiger partial charge in [0.15, 0.2) is 0 Å². The van der Waals surface area contributed by atoms with Gasteiger partial charge in [0.05, 0.1) is 11.2 Å². The summed E-state index contributed by atoms with van der Waals surface area (Å²) in [6.45, 7) is 10.2. The molecule has 0 unspecified atom stereocenters. The molecule has 0 aliphatic heterocycles. The second kappa shape index (κ2) is 6.13. The second-order valence-electron chi connectivity index (χ2n) is 8.82. The summed E-state index contributed by atoms with van der Waals surface area (Å²) >= 11 is 0. The number of allylic oxidation sites excluding steroid dienone is 2. The van der Waals surface area contributed by atoms with Crippen LogP contribution in [0, 0.1) is 17.3 Å². The summed E-state index contributed by atoms with van der Waals surface area (Å²) in [4.78, 5) is 0. The first-order valence-corrected chi connectivity index (χ1v) is 8.82. The minimum Gasteiger partial charge on any atom is -0.390 e. The van der Waals surface area contributed by atoms with Crippen LogP contribution in [0.15, 0.2) is 23.8 Å². The van der Waals surface area contributed by atoms with E-state index >= 15 is 0 Å². The van der Waals surface area contributed by atoms with Crippen LogP contribution in [-0.4, -0.2) is 21.4 Å². The quantitative estimate of drug-likeness (QED) is 0.744. The molecule has 2 nitrogen and oxygen atoms in total. The van der Waals surface area contributed by atoms with E-state index in [-0.39, 0.29) is 0 Å². The fraction of sp³-hybridized carbons (Fsp3) is 0.800. The summed E-state index contributed by atoms with van der Waals surface area (Å²) in [7, 11) is 0. The molecule has 1 saturated carbocycles. The van der Waals surface area contributed by atoms with E-state index in [1.807, 2.05) is 13.0 Å². The Balaban J connectivity index is 2.10. The highest BCUT2D eigenvalue weighted by Gasteiger charge is 2.50. The molecule has 4 atom stereocenters. The predicted molar refractivity (Wildman–Crippen MR) is 92.6 cm³/mol. The fourth-order valence-corrected chi connectivity index (χ4v) is 4.53. The lowest BCUT2D eigenvalue weighted by molar-refractivity contribution is -0.0288. The number of aliphatic hydroxyl groups is 2. The molecule has 2 aliphatic rings. The highest BCUT2D eigenvalue weighted by Crippen LogP contribution is 2.56. The molecule has 0 aromatic rings. The molecule has 0 aromatic carbocycles. The summed E-state index contributed by atoms with van der Waals surface area (Å²) < 4.78 is 0. The van der Waals surface area contributed by atoms with Crippen LogP contribution in [0.1, 0.15) is 73.1 Å². The SMILES string of the molecule is CC1=CC[C@]2(C)CC[C@H]([C@](C)(O)C/C=C/C(C)(C)O)[C@H]2CC1. The molecule has 0 radical (unpaired) electrons. The van der Waals surface area contributed by atoms with Crippen molar-refractivity contribution in [3.05, 3.63) is 23.8 Å². The molecule has 126 valence electrons. The van der Waals surface area contributed by atoms with E-state index in [0.29, 0.717) is 23.7 Å². The summed E-state index contributed by atoms with van der Waals surface area (Å²) in [5, 5.41) is 20.9. The van der Waals surface area contributed by atoms with Gasteiger partial charge in [0.25, 0.3) is 0 Å². The van der Waals surface area contributed by atoms with Gasteiger partial charge < -0.3 is 10.2 Å². The molecule has 1 fully saturated rings. The van der Waals surface area contributed by atoms with Gasteiger partial charge in [0.1, 0.15) is 0 Å². The van der Waals surface area contributed by atoms with Gasteiger partial charge in [-0.05, 0) is 83.5 Å².